The zero-order valence-electron chi connectivity index (χ0n) is 16.4. The van der Waals surface area contributed by atoms with Crippen molar-refractivity contribution in [3.05, 3.63) is 30.1 Å². The average molecular weight is 402 g/mol. The molecule has 3 aromatic rings. The van der Waals surface area contributed by atoms with E-state index in [-0.39, 0.29) is 0 Å². The Balaban J connectivity index is 1.94. The molecule has 1 aliphatic rings. The van der Waals surface area contributed by atoms with E-state index in [0.717, 1.165) is 60.8 Å². The van der Waals surface area contributed by atoms with Gasteiger partial charge >= 0.3 is 0 Å². The third-order valence-corrected chi connectivity index (χ3v) is 6.48. The Morgan fingerprint density at radius 2 is 1.89 bits per heavy atom. The maximum absolute atomic E-state index is 12.2. The number of para-hydroxylation sites is 1. The van der Waals surface area contributed by atoms with Gasteiger partial charge in [-0.25, -0.2) is 23.1 Å². The van der Waals surface area contributed by atoms with Gasteiger partial charge in [0.05, 0.1) is 22.8 Å². The predicted octanol–water partition coefficient (Wildman–Crippen LogP) is 2.98. The molecule has 2 heterocycles. The van der Waals surface area contributed by atoms with E-state index in [9.17, 15) is 8.42 Å². The van der Waals surface area contributed by atoms with E-state index < -0.39 is 15.6 Å². The number of rotatable bonds is 5. The molecule has 0 bridgehead atoms. The monoisotopic (exact) mass is 401 g/mol. The van der Waals surface area contributed by atoms with Crippen molar-refractivity contribution in [3.63, 3.8) is 0 Å². The number of imidazole rings is 1. The number of anilines is 1. The lowest BCUT2D eigenvalue weighted by atomic mass is 9.82. The number of pyridine rings is 1. The number of fused-ring (bicyclic) bond motifs is 3. The number of nitrogens with one attached hydrogen (secondary N) is 1. The molecular formula is C20H27N5O2S. The Kier molecular flexibility index (Phi) is 4.79. The maximum Gasteiger partial charge on any atom is 0.209 e. The van der Waals surface area contributed by atoms with Gasteiger partial charge in [-0.15, -0.1) is 0 Å². The standard InChI is InChI=1S/C20H27N5O2S/c1-3-16-23-17-18(14-9-5-6-10-15(14)22-19(17)21)25(16)13-20(24-28(2,26)27)11-7-4-8-12-20/h5-6,9-10,24H,3-4,7-8,11-13H2,1-2H3,(H2,21,22). The minimum Gasteiger partial charge on any atom is -0.382 e. The number of hydrogen-bond donors (Lipinski definition) is 2. The molecule has 0 aliphatic heterocycles. The fourth-order valence-corrected chi connectivity index (χ4v) is 5.62. The van der Waals surface area contributed by atoms with E-state index in [0.29, 0.717) is 17.9 Å². The van der Waals surface area contributed by atoms with Crippen LogP contribution < -0.4 is 10.5 Å². The number of nitrogens with two attached hydrogens (primary N) is 1. The number of aryl methyl sites for hydroxylation is 1. The summed E-state index contributed by atoms with van der Waals surface area (Å²) in [5, 5.41) is 0.990. The van der Waals surface area contributed by atoms with Crippen molar-refractivity contribution < 1.29 is 8.42 Å². The molecule has 1 fully saturated rings. The first-order chi connectivity index (χ1) is 13.3. The molecule has 0 saturated heterocycles. The molecule has 7 nitrogen and oxygen atoms in total. The molecule has 1 saturated carbocycles. The number of aromatic nitrogens is 3. The summed E-state index contributed by atoms with van der Waals surface area (Å²) in [6.45, 7) is 2.61. The fraction of sp³-hybridized carbons (Fsp3) is 0.500. The summed E-state index contributed by atoms with van der Waals surface area (Å²) in [6.07, 6.45) is 6.79. The van der Waals surface area contributed by atoms with E-state index in [1.165, 1.54) is 6.26 Å². The minimum atomic E-state index is -3.33. The highest BCUT2D eigenvalue weighted by atomic mass is 32.2. The highest BCUT2D eigenvalue weighted by Crippen LogP contribution is 2.35. The molecule has 1 aromatic carbocycles. The maximum atomic E-state index is 12.2. The molecule has 0 spiro atoms. The Hall–Kier alpha value is -2.19. The van der Waals surface area contributed by atoms with Crippen molar-refractivity contribution in [2.45, 2.75) is 57.5 Å². The molecule has 28 heavy (non-hydrogen) atoms. The molecular weight excluding hydrogens is 374 g/mol. The van der Waals surface area contributed by atoms with Crippen molar-refractivity contribution in [1.82, 2.24) is 19.3 Å². The van der Waals surface area contributed by atoms with Crippen LogP contribution in [0.5, 0.6) is 0 Å². The van der Waals surface area contributed by atoms with Crippen LogP contribution in [0.2, 0.25) is 0 Å². The molecule has 4 rings (SSSR count). The molecule has 1 aliphatic carbocycles. The molecule has 0 radical (unpaired) electrons. The second-order valence-electron chi connectivity index (χ2n) is 7.89. The van der Waals surface area contributed by atoms with Gasteiger partial charge in [-0.2, -0.15) is 0 Å². The van der Waals surface area contributed by atoms with Gasteiger partial charge in [0.15, 0.2) is 5.82 Å². The Morgan fingerprint density at radius 1 is 1.18 bits per heavy atom. The van der Waals surface area contributed by atoms with Crippen molar-refractivity contribution in [2.75, 3.05) is 12.0 Å². The van der Waals surface area contributed by atoms with Crippen LogP contribution in [-0.2, 0) is 23.0 Å². The topological polar surface area (TPSA) is 103 Å². The Morgan fingerprint density at radius 3 is 2.57 bits per heavy atom. The van der Waals surface area contributed by atoms with Gasteiger partial charge < -0.3 is 10.3 Å². The number of nitrogen functional groups attached to an aromatic ring is 1. The number of sulfonamides is 1. The third kappa shape index (κ3) is 3.46. The van der Waals surface area contributed by atoms with Crippen LogP contribution in [0.15, 0.2) is 24.3 Å². The highest BCUT2D eigenvalue weighted by molar-refractivity contribution is 7.88. The zero-order chi connectivity index (χ0) is 19.9. The lowest BCUT2D eigenvalue weighted by Gasteiger charge is -2.38. The van der Waals surface area contributed by atoms with Crippen molar-refractivity contribution >= 4 is 37.8 Å². The van der Waals surface area contributed by atoms with E-state index in [1.807, 2.05) is 24.3 Å². The molecule has 0 unspecified atom stereocenters. The van der Waals surface area contributed by atoms with Gasteiger partial charge in [0.1, 0.15) is 11.3 Å². The molecule has 150 valence electrons. The summed E-state index contributed by atoms with van der Waals surface area (Å²) >= 11 is 0. The fourth-order valence-electron chi connectivity index (χ4n) is 4.56. The largest absolute Gasteiger partial charge is 0.382 e. The molecule has 3 N–H and O–H groups in total. The van der Waals surface area contributed by atoms with E-state index in [4.69, 9.17) is 10.7 Å². The van der Waals surface area contributed by atoms with Gasteiger partial charge in [0.25, 0.3) is 0 Å². The van der Waals surface area contributed by atoms with Gasteiger partial charge in [0.2, 0.25) is 10.0 Å². The van der Waals surface area contributed by atoms with Crippen molar-refractivity contribution in [2.24, 2.45) is 0 Å². The Bertz CT molecular complexity index is 1130. The van der Waals surface area contributed by atoms with Crippen LogP contribution in [0.3, 0.4) is 0 Å². The van der Waals surface area contributed by atoms with Crippen LogP contribution in [0.4, 0.5) is 5.82 Å². The van der Waals surface area contributed by atoms with Crippen molar-refractivity contribution in [1.29, 1.82) is 0 Å². The minimum absolute atomic E-state index is 0.413. The lowest BCUT2D eigenvalue weighted by Crippen LogP contribution is -2.52. The summed E-state index contributed by atoms with van der Waals surface area (Å²) in [6, 6.07) is 7.89. The molecule has 0 amide bonds. The predicted molar refractivity (Wildman–Crippen MR) is 113 cm³/mol. The second kappa shape index (κ2) is 7.00. The second-order valence-corrected chi connectivity index (χ2v) is 9.64. The first-order valence-corrected chi connectivity index (χ1v) is 11.7. The third-order valence-electron chi connectivity index (χ3n) is 5.68. The summed E-state index contributed by atoms with van der Waals surface area (Å²) < 4.78 is 29.4. The molecule has 8 heteroatoms. The van der Waals surface area contributed by atoms with Crippen LogP contribution in [0.1, 0.15) is 44.9 Å². The lowest BCUT2D eigenvalue weighted by molar-refractivity contribution is 0.236. The summed E-state index contributed by atoms with van der Waals surface area (Å²) in [7, 11) is -3.33. The summed E-state index contributed by atoms with van der Waals surface area (Å²) in [5.74, 6) is 1.32. The zero-order valence-corrected chi connectivity index (χ0v) is 17.2. The number of benzene rings is 1. The number of hydrogen-bond acceptors (Lipinski definition) is 5. The highest BCUT2D eigenvalue weighted by Gasteiger charge is 2.36. The van der Waals surface area contributed by atoms with Gasteiger partial charge in [0, 0.05) is 18.4 Å². The average Bonchev–Trinajstić information content (AvgIpc) is 3.00. The van der Waals surface area contributed by atoms with Crippen molar-refractivity contribution in [3.8, 4) is 0 Å². The van der Waals surface area contributed by atoms with Gasteiger partial charge in [-0.05, 0) is 18.9 Å². The quantitative estimate of drug-likeness (QED) is 0.684. The van der Waals surface area contributed by atoms with Crippen LogP contribution in [0, 0.1) is 0 Å². The van der Waals surface area contributed by atoms with Gasteiger partial charge in [-0.1, -0.05) is 44.4 Å². The normalized spacial score (nSPS) is 17.4. The summed E-state index contributed by atoms with van der Waals surface area (Å²) in [5.41, 5.74) is 8.20. The molecule has 0 atom stereocenters. The van der Waals surface area contributed by atoms with Crippen LogP contribution in [0.25, 0.3) is 21.9 Å². The molecule has 2 aromatic heterocycles. The summed E-state index contributed by atoms with van der Waals surface area (Å²) in [4.78, 5) is 9.28. The van der Waals surface area contributed by atoms with E-state index in [1.54, 1.807) is 0 Å². The first kappa shape index (κ1) is 19.1. The first-order valence-electron chi connectivity index (χ1n) is 9.84. The SMILES string of the molecule is CCc1nc2c(N)nc3ccccc3c2n1CC1(NS(C)(=O)=O)CCCCC1. The van der Waals surface area contributed by atoms with Gasteiger partial charge in [-0.3, -0.25) is 0 Å². The van der Waals surface area contributed by atoms with E-state index in [2.05, 4.69) is 21.2 Å². The number of nitrogens with zero attached hydrogens (tertiary/aromatic N) is 3. The van der Waals surface area contributed by atoms with Crippen LogP contribution in [-0.4, -0.2) is 34.7 Å². The Labute approximate surface area is 165 Å². The van der Waals surface area contributed by atoms with E-state index >= 15 is 0 Å². The van der Waals surface area contributed by atoms with Crippen LogP contribution >= 0.6 is 0 Å². The smallest absolute Gasteiger partial charge is 0.209 e.